The summed E-state index contributed by atoms with van der Waals surface area (Å²) in [4.78, 5) is 38.2. The third kappa shape index (κ3) is 54.1. The molecule has 6 nitrogen and oxygen atoms in total. The number of rotatable bonds is 53. The van der Waals surface area contributed by atoms with E-state index in [1.54, 1.807) is 0 Å². The number of hydrogen-bond donors (Lipinski definition) is 0. The molecule has 68 heavy (non-hydrogen) atoms. The van der Waals surface area contributed by atoms with E-state index < -0.39 is 6.10 Å². The van der Waals surface area contributed by atoms with Gasteiger partial charge in [0, 0.05) is 19.3 Å². The van der Waals surface area contributed by atoms with Crippen LogP contribution >= 0.6 is 0 Å². The number of hydrogen-bond acceptors (Lipinski definition) is 6. The molecule has 0 heterocycles. The highest BCUT2D eigenvalue weighted by Crippen LogP contribution is 2.16. The molecule has 0 amide bonds. The summed E-state index contributed by atoms with van der Waals surface area (Å²) in [7, 11) is 0. The summed E-state index contributed by atoms with van der Waals surface area (Å²) >= 11 is 0. The standard InChI is InChI=1S/C62H110O6/c1-4-7-10-13-16-19-22-25-28-30-32-34-37-40-43-46-49-52-55-61(64)67-58-59(57-66-60(63)54-51-48-45-42-39-36-33-27-24-21-18-15-12-9-6-3)68-62(65)56-53-50-47-44-41-38-35-31-29-26-23-20-17-14-11-8-5-2/h17-18,20-21,26-27,29,33,35,38,59H,4-16,19,22-25,28,30-32,34,36-37,39-58H2,1-3H3/b20-17+,21-18+,29-26+,33-27+,38-35+/t59-/m1/s1. The van der Waals surface area contributed by atoms with Crippen molar-refractivity contribution in [3.8, 4) is 0 Å². The van der Waals surface area contributed by atoms with Crippen molar-refractivity contribution in [2.24, 2.45) is 0 Å². The monoisotopic (exact) mass is 951 g/mol. The Morgan fingerprint density at radius 1 is 0.294 bits per heavy atom. The minimum absolute atomic E-state index is 0.0855. The highest BCUT2D eigenvalue weighted by Gasteiger charge is 2.19. The van der Waals surface area contributed by atoms with Gasteiger partial charge in [-0.3, -0.25) is 14.4 Å². The second-order valence-corrected chi connectivity index (χ2v) is 19.6. The van der Waals surface area contributed by atoms with Gasteiger partial charge in [0.25, 0.3) is 0 Å². The molecule has 0 aliphatic carbocycles. The summed E-state index contributed by atoms with van der Waals surface area (Å²) in [6.45, 7) is 6.59. The molecule has 0 saturated carbocycles. The molecule has 0 aromatic rings. The molecular weight excluding hydrogens is 841 g/mol. The molecule has 0 aromatic heterocycles. The molecule has 0 spiro atoms. The first-order valence-electron chi connectivity index (χ1n) is 29.3. The van der Waals surface area contributed by atoms with Gasteiger partial charge in [0.2, 0.25) is 0 Å². The van der Waals surface area contributed by atoms with Gasteiger partial charge in [0.15, 0.2) is 6.10 Å². The average Bonchev–Trinajstić information content (AvgIpc) is 3.34. The lowest BCUT2D eigenvalue weighted by atomic mass is 10.0. The van der Waals surface area contributed by atoms with Gasteiger partial charge in [-0.25, -0.2) is 0 Å². The molecule has 0 aliphatic rings. The number of carbonyl (C=O) groups is 3. The topological polar surface area (TPSA) is 78.9 Å². The van der Waals surface area contributed by atoms with E-state index in [2.05, 4.69) is 81.5 Å². The van der Waals surface area contributed by atoms with Crippen LogP contribution in [0.2, 0.25) is 0 Å². The van der Waals surface area contributed by atoms with Crippen LogP contribution < -0.4 is 0 Å². The van der Waals surface area contributed by atoms with Crippen molar-refractivity contribution >= 4 is 17.9 Å². The van der Waals surface area contributed by atoms with E-state index in [4.69, 9.17) is 14.2 Å². The van der Waals surface area contributed by atoms with E-state index in [0.717, 1.165) is 103 Å². The summed E-state index contributed by atoms with van der Waals surface area (Å²) < 4.78 is 16.9. The third-order valence-electron chi connectivity index (χ3n) is 12.7. The average molecular weight is 952 g/mol. The maximum Gasteiger partial charge on any atom is 0.306 e. The molecular formula is C62H110O6. The molecule has 0 fully saturated rings. The fourth-order valence-electron chi connectivity index (χ4n) is 8.30. The van der Waals surface area contributed by atoms with Crippen molar-refractivity contribution in [1.29, 1.82) is 0 Å². The SMILES string of the molecule is CCCCC/C=C/C/C=C/C/C=C/CCCCCCC(=O)O[C@H](COC(=O)CCCCCCC/C=C/C/C=C/CCCCC)COC(=O)CCCCCCCCCCCCCCCCCCCC. The van der Waals surface area contributed by atoms with E-state index in [1.165, 1.54) is 154 Å². The van der Waals surface area contributed by atoms with E-state index in [9.17, 15) is 14.4 Å². The van der Waals surface area contributed by atoms with Gasteiger partial charge in [-0.2, -0.15) is 0 Å². The van der Waals surface area contributed by atoms with Crippen LogP contribution in [0.25, 0.3) is 0 Å². The van der Waals surface area contributed by atoms with Crippen LogP contribution in [0.4, 0.5) is 0 Å². The van der Waals surface area contributed by atoms with Gasteiger partial charge in [-0.15, -0.1) is 0 Å². The van der Waals surface area contributed by atoms with E-state index in [-0.39, 0.29) is 31.1 Å². The molecule has 394 valence electrons. The maximum absolute atomic E-state index is 12.9. The summed E-state index contributed by atoms with van der Waals surface area (Å²) in [6.07, 6.45) is 70.6. The van der Waals surface area contributed by atoms with Gasteiger partial charge in [-0.05, 0) is 89.9 Å². The summed E-state index contributed by atoms with van der Waals surface area (Å²) in [5, 5.41) is 0. The predicted octanol–water partition coefficient (Wildman–Crippen LogP) is 19.6. The number of ether oxygens (including phenoxy) is 3. The van der Waals surface area contributed by atoms with Crippen molar-refractivity contribution in [3.05, 3.63) is 60.8 Å². The maximum atomic E-state index is 12.9. The first-order valence-corrected chi connectivity index (χ1v) is 29.3. The normalized spacial score (nSPS) is 12.5. The lowest BCUT2D eigenvalue weighted by Crippen LogP contribution is -2.30. The van der Waals surface area contributed by atoms with Crippen molar-refractivity contribution in [3.63, 3.8) is 0 Å². The Balaban J connectivity index is 4.41. The first kappa shape index (κ1) is 65.1. The highest BCUT2D eigenvalue weighted by molar-refractivity contribution is 5.71. The fourth-order valence-corrected chi connectivity index (χ4v) is 8.30. The van der Waals surface area contributed by atoms with Crippen LogP contribution in [0, 0.1) is 0 Å². The Labute approximate surface area is 421 Å². The van der Waals surface area contributed by atoms with Crippen molar-refractivity contribution in [1.82, 2.24) is 0 Å². The van der Waals surface area contributed by atoms with Crippen LogP contribution in [0.15, 0.2) is 60.8 Å². The minimum Gasteiger partial charge on any atom is -0.462 e. The zero-order chi connectivity index (χ0) is 49.3. The molecule has 0 N–H and O–H groups in total. The Kier molecular flexibility index (Phi) is 54.3. The Morgan fingerprint density at radius 2 is 0.529 bits per heavy atom. The van der Waals surface area contributed by atoms with Gasteiger partial charge >= 0.3 is 17.9 Å². The second kappa shape index (κ2) is 56.7. The molecule has 0 aliphatic heterocycles. The predicted molar refractivity (Wildman–Crippen MR) is 293 cm³/mol. The number of carbonyl (C=O) groups excluding carboxylic acids is 3. The molecule has 6 heteroatoms. The zero-order valence-corrected chi connectivity index (χ0v) is 45.1. The Hall–Kier alpha value is -2.89. The fraction of sp³-hybridized carbons (Fsp3) is 0.790. The number of esters is 3. The van der Waals surface area contributed by atoms with Crippen LogP contribution in [-0.4, -0.2) is 37.2 Å². The minimum atomic E-state index is -0.790. The molecule has 0 aromatic carbocycles. The molecule has 0 radical (unpaired) electrons. The Bertz CT molecular complexity index is 1230. The van der Waals surface area contributed by atoms with Gasteiger partial charge in [0.05, 0.1) is 0 Å². The smallest absolute Gasteiger partial charge is 0.306 e. The van der Waals surface area contributed by atoms with Gasteiger partial charge in [-0.1, -0.05) is 248 Å². The molecule has 0 saturated heterocycles. The van der Waals surface area contributed by atoms with E-state index >= 15 is 0 Å². The summed E-state index contributed by atoms with van der Waals surface area (Å²) in [5.74, 6) is -0.909. The van der Waals surface area contributed by atoms with Gasteiger partial charge in [0.1, 0.15) is 13.2 Å². The largest absolute Gasteiger partial charge is 0.462 e. The van der Waals surface area contributed by atoms with E-state index in [1.807, 2.05) is 0 Å². The van der Waals surface area contributed by atoms with Crippen LogP contribution in [0.1, 0.15) is 297 Å². The third-order valence-corrected chi connectivity index (χ3v) is 12.7. The first-order chi connectivity index (χ1) is 33.5. The number of allylic oxidation sites excluding steroid dienone is 10. The highest BCUT2D eigenvalue weighted by atomic mass is 16.6. The van der Waals surface area contributed by atoms with Crippen molar-refractivity contribution in [2.45, 2.75) is 303 Å². The van der Waals surface area contributed by atoms with Crippen LogP contribution in [0.3, 0.4) is 0 Å². The molecule has 0 bridgehead atoms. The van der Waals surface area contributed by atoms with E-state index in [0.29, 0.717) is 19.3 Å². The summed E-state index contributed by atoms with van der Waals surface area (Å²) in [6, 6.07) is 0. The van der Waals surface area contributed by atoms with Crippen molar-refractivity contribution < 1.29 is 28.6 Å². The lowest BCUT2D eigenvalue weighted by molar-refractivity contribution is -0.167. The van der Waals surface area contributed by atoms with Crippen LogP contribution in [-0.2, 0) is 28.6 Å². The lowest BCUT2D eigenvalue weighted by Gasteiger charge is -2.18. The van der Waals surface area contributed by atoms with Gasteiger partial charge < -0.3 is 14.2 Å². The summed E-state index contributed by atoms with van der Waals surface area (Å²) in [5.41, 5.74) is 0. The Morgan fingerprint density at radius 3 is 0.853 bits per heavy atom. The second-order valence-electron chi connectivity index (χ2n) is 19.6. The molecule has 0 rings (SSSR count). The van der Waals surface area contributed by atoms with Crippen molar-refractivity contribution in [2.75, 3.05) is 13.2 Å². The number of unbranched alkanes of at least 4 members (excludes halogenated alkanes) is 32. The zero-order valence-electron chi connectivity index (χ0n) is 45.1. The van der Waals surface area contributed by atoms with Crippen LogP contribution in [0.5, 0.6) is 0 Å². The quantitative estimate of drug-likeness (QED) is 0.0262. The molecule has 0 unspecified atom stereocenters. The molecule has 1 atom stereocenters.